The van der Waals surface area contributed by atoms with Crippen molar-refractivity contribution in [1.29, 1.82) is 0 Å². The number of nitrogens with one attached hydrogen (secondary N) is 1. The molecular formula is C13H15ClFN3. The van der Waals surface area contributed by atoms with Gasteiger partial charge in [0, 0.05) is 23.8 Å². The Balaban J connectivity index is 2.02. The molecule has 0 fully saturated rings. The predicted molar refractivity (Wildman–Crippen MR) is 71.3 cm³/mol. The van der Waals surface area contributed by atoms with E-state index >= 15 is 0 Å². The summed E-state index contributed by atoms with van der Waals surface area (Å²) in [5, 5.41) is 7.86. The molecule has 1 heterocycles. The van der Waals surface area contributed by atoms with Crippen LogP contribution in [0.25, 0.3) is 0 Å². The average Bonchev–Trinajstić information content (AvgIpc) is 2.76. The van der Waals surface area contributed by atoms with E-state index in [0.29, 0.717) is 17.6 Å². The van der Waals surface area contributed by atoms with Crippen LogP contribution in [0.4, 0.5) is 10.1 Å². The third-order valence-electron chi connectivity index (χ3n) is 2.63. The monoisotopic (exact) mass is 267 g/mol. The van der Waals surface area contributed by atoms with Gasteiger partial charge in [-0.2, -0.15) is 5.10 Å². The van der Waals surface area contributed by atoms with Gasteiger partial charge in [-0.25, -0.2) is 4.39 Å². The second-order valence-electron chi connectivity index (χ2n) is 4.39. The second kappa shape index (κ2) is 5.40. The number of benzene rings is 1. The molecule has 0 radical (unpaired) electrons. The van der Waals surface area contributed by atoms with Crippen molar-refractivity contribution in [3.8, 4) is 0 Å². The molecule has 0 unspecified atom stereocenters. The van der Waals surface area contributed by atoms with Crippen LogP contribution in [0.2, 0.25) is 5.02 Å². The molecule has 0 saturated carbocycles. The van der Waals surface area contributed by atoms with Crippen LogP contribution in [0.15, 0.2) is 30.6 Å². The third kappa shape index (κ3) is 3.01. The second-order valence-corrected chi connectivity index (χ2v) is 4.80. The first-order chi connectivity index (χ1) is 8.56. The highest BCUT2D eigenvalue weighted by atomic mass is 35.5. The molecule has 2 rings (SSSR count). The Labute approximate surface area is 111 Å². The molecule has 1 aromatic heterocycles. The molecule has 0 aliphatic rings. The van der Waals surface area contributed by atoms with Crippen LogP contribution >= 0.6 is 11.6 Å². The van der Waals surface area contributed by atoms with Gasteiger partial charge in [-0.3, -0.25) is 4.68 Å². The van der Waals surface area contributed by atoms with E-state index in [2.05, 4.69) is 24.3 Å². The van der Waals surface area contributed by atoms with Crippen molar-refractivity contribution in [2.45, 2.75) is 26.4 Å². The summed E-state index contributed by atoms with van der Waals surface area (Å²) < 4.78 is 14.8. The van der Waals surface area contributed by atoms with Crippen molar-refractivity contribution in [3.05, 3.63) is 47.0 Å². The molecule has 0 amide bonds. The summed E-state index contributed by atoms with van der Waals surface area (Å²) in [6, 6.07) is 4.73. The van der Waals surface area contributed by atoms with Crippen LogP contribution in [0.5, 0.6) is 0 Å². The number of anilines is 1. The number of rotatable bonds is 4. The average molecular weight is 268 g/mol. The molecule has 96 valence electrons. The molecule has 2 aromatic rings. The van der Waals surface area contributed by atoms with Crippen molar-refractivity contribution in [3.63, 3.8) is 0 Å². The lowest BCUT2D eigenvalue weighted by molar-refractivity contribution is 0.532. The van der Waals surface area contributed by atoms with Gasteiger partial charge in [-0.05, 0) is 31.5 Å². The van der Waals surface area contributed by atoms with Gasteiger partial charge in [0.1, 0.15) is 5.82 Å². The van der Waals surface area contributed by atoms with Crippen LogP contribution in [0, 0.1) is 5.82 Å². The summed E-state index contributed by atoms with van der Waals surface area (Å²) in [6.45, 7) is 4.67. The minimum Gasteiger partial charge on any atom is -0.378 e. The summed E-state index contributed by atoms with van der Waals surface area (Å²) >= 11 is 5.95. The standard InChI is InChI=1S/C13H15ClFN3/c1-9(2)18-8-12(7-17-18)16-6-10-3-4-11(15)5-13(10)14/h3-5,7-9,16H,6H2,1-2H3. The van der Waals surface area contributed by atoms with Crippen molar-refractivity contribution in [2.24, 2.45) is 0 Å². The van der Waals surface area contributed by atoms with E-state index in [-0.39, 0.29) is 5.82 Å². The Bertz CT molecular complexity index is 537. The molecule has 5 heteroatoms. The number of halogens is 2. The highest BCUT2D eigenvalue weighted by Crippen LogP contribution is 2.19. The quantitative estimate of drug-likeness (QED) is 0.911. The summed E-state index contributed by atoms with van der Waals surface area (Å²) in [6.07, 6.45) is 3.69. The van der Waals surface area contributed by atoms with E-state index in [1.165, 1.54) is 12.1 Å². The smallest absolute Gasteiger partial charge is 0.124 e. The Kier molecular flexibility index (Phi) is 3.87. The fraction of sp³-hybridized carbons (Fsp3) is 0.308. The summed E-state index contributed by atoms with van der Waals surface area (Å²) in [4.78, 5) is 0. The number of aromatic nitrogens is 2. The van der Waals surface area contributed by atoms with Gasteiger partial charge in [0.25, 0.3) is 0 Å². The summed E-state index contributed by atoms with van der Waals surface area (Å²) in [5.41, 5.74) is 1.78. The molecule has 18 heavy (non-hydrogen) atoms. The van der Waals surface area contributed by atoms with Crippen LogP contribution < -0.4 is 5.32 Å². The lowest BCUT2D eigenvalue weighted by Crippen LogP contribution is -2.01. The minimum absolute atomic E-state index is 0.323. The zero-order chi connectivity index (χ0) is 13.1. The van der Waals surface area contributed by atoms with Crippen LogP contribution in [0.1, 0.15) is 25.5 Å². The van der Waals surface area contributed by atoms with Gasteiger partial charge < -0.3 is 5.32 Å². The normalized spacial score (nSPS) is 10.9. The van der Waals surface area contributed by atoms with Crippen molar-refractivity contribution in [1.82, 2.24) is 9.78 Å². The SMILES string of the molecule is CC(C)n1cc(NCc2ccc(F)cc2Cl)cn1. The molecular weight excluding hydrogens is 253 g/mol. The molecule has 0 saturated heterocycles. The number of nitrogens with zero attached hydrogens (tertiary/aromatic N) is 2. The maximum Gasteiger partial charge on any atom is 0.124 e. The zero-order valence-corrected chi connectivity index (χ0v) is 11.1. The topological polar surface area (TPSA) is 29.9 Å². The maximum atomic E-state index is 12.9. The van der Waals surface area contributed by atoms with E-state index in [9.17, 15) is 4.39 Å². The molecule has 0 aliphatic carbocycles. The largest absolute Gasteiger partial charge is 0.378 e. The highest BCUT2D eigenvalue weighted by molar-refractivity contribution is 6.31. The Morgan fingerprint density at radius 1 is 1.44 bits per heavy atom. The van der Waals surface area contributed by atoms with Crippen molar-refractivity contribution < 1.29 is 4.39 Å². The maximum absolute atomic E-state index is 12.9. The Morgan fingerprint density at radius 3 is 2.83 bits per heavy atom. The lowest BCUT2D eigenvalue weighted by Gasteiger charge is -2.06. The van der Waals surface area contributed by atoms with Gasteiger partial charge >= 0.3 is 0 Å². The van der Waals surface area contributed by atoms with E-state index in [4.69, 9.17) is 11.6 Å². The van der Waals surface area contributed by atoms with Gasteiger partial charge in [0.05, 0.1) is 11.9 Å². The van der Waals surface area contributed by atoms with Gasteiger partial charge in [0.2, 0.25) is 0 Å². The van der Waals surface area contributed by atoms with Crippen molar-refractivity contribution >= 4 is 17.3 Å². The van der Waals surface area contributed by atoms with E-state index in [1.807, 2.05) is 10.9 Å². The molecule has 0 atom stereocenters. The number of hydrogen-bond donors (Lipinski definition) is 1. The fourth-order valence-electron chi connectivity index (χ4n) is 1.57. The first-order valence-corrected chi connectivity index (χ1v) is 6.16. The molecule has 1 N–H and O–H groups in total. The molecule has 1 aromatic carbocycles. The predicted octanol–water partition coefficient (Wildman–Crippen LogP) is 3.87. The van der Waals surface area contributed by atoms with Crippen LogP contribution in [-0.4, -0.2) is 9.78 Å². The van der Waals surface area contributed by atoms with Gasteiger partial charge in [0.15, 0.2) is 0 Å². The number of hydrogen-bond acceptors (Lipinski definition) is 2. The molecule has 0 spiro atoms. The first-order valence-electron chi connectivity index (χ1n) is 5.78. The fourth-order valence-corrected chi connectivity index (χ4v) is 1.81. The minimum atomic E-state index is -0.323. The van der Waals surface area contributed by atoms with E-state index in [1.54, 1.807) is 12.3 Å². The Morgan fingerprint density at radius 2 is 2.22 bits per heavy atom. The van der Waals surface area contributed by atoms with Crippen molar-refractivity contribution in [2.75, 3.05) is 5.32 Å². The first kappa shape index (κ1) is 12.9. The molecule has 3 nitrogen and oxygen atoms in total. The third-order valence-corrected chi connectivity index (χ3v) is 2.98. The van der Waals surface area contributed by atoms with Gasteiger partial charge in [-0.1, -0.05) is 17.7 Å². The summed E-state index contributed by atoms with van der Waals surface area (Å²) in [7, 11) is 0. The van der Waals surface area contributed by atoms with E-state index in [0.717, 1.165) is 11.3 Å². The molecule has 0 bridgehead atoms. The van der Waals surface area contributed by atoms with Crippen LogP contribution in [-0.2, 0) is 6.54 Å². The summed E-state index contributed by atoms with van der Waals surface area (Å²) in [5.74, 6) is -0.323. The zero-order valence-electron chi connectivity index (χ0n) is 10.3. The Hall–Kier alpha value is -1.55. The molecule has 0 aliphatic heterocycles. The van der Waals surface area contributed by atoms with Gasteiger partial charge in [-0.15, -0.1) is 0 Å². The van der Waals surface area contributed by atoms with E-state index < -0.39 is 0 Å². The van der Waals surface area contributed by atoms with Crippen LogP contribution in [0.3, 0.4) is 0 Å². The highest BCUT2D eigenvalue weighted by Gasteiger charge is 2.04. The lowest BCUT2D eigenvalue weighted by atomic mass is 10.2.